The molecule has 0 saturated heterocycles. The average Bonchev–Trinajstić information content (AvgIpc) is 2.41. The van der Waals surface area contributed by atoms with Crippen LogP contribution in [0.25, 0.3) is 0 Å². The Morgan fingerprint density at radius 3 is 2.57 bits per heavy atom. The lowest BCUT2D eigenvalue weighted by Crippen LogP contribution is -2.14. The Morgan fingerprint density at radius 2 is 1.95 bits per heavy atom. The van der Waals surface area contributed by atoms with E-state index in [1.54, 1.807) is 30.3 Å². The Labute approximate surface area is 137 Å². The Morgan fingerprint density at radius 1 is 1.24 bits per heavy atom. The lowest BCUT2D eigenvalue weighted by Gasteiger charge is -2.15. The van der Waals surface area contributed by atoms with Crippen molar-refractivity contribution in [3.63, 3.8) is 0 Å². The molecule has 3 N–H and O–H groups in total. The molecule has 0 aromatic heterocycles. The summed E-state index contributed by atoms with van der Waals surface area (Å²) in [6, 6.07) is 10.5. The third-order valence-corrected chi connectivity index (χ3v) is 3.92. The van der Waals surface area contributed by atoms with E-state index in [-0.39, 0.29) is 5.91 Å². The fourth-order valence-electron chi connectivity index (χ4n) is 1.86. The van der Waals surface area contributed by atoms with Gasteiger partial charge in [-0.05, 0) is 52.3 Å². The van der Waals surface area contributed by atoms with Crippen LogP contribution in [0, 0.1) is 0 Å². The van der Waals surface area contributed by atoms with Gasteiger partial charge in [0.25, 0.3) is 5.91 Å². The van der Waals surface area contributed by atoms with Crippen molar-refractivity contribution in [1.82, 2.24) is 0 Å². The zero-order valence-electron chi connectivity index (χ0n) is 11.7. The van der Waals surface area contributed by atoms with Gasteiger partial charge in [0.05, 0.1) is 16.3 Å². The third kappa shape index (κ3) is 3.68. The van der Waals surface area contributed by atoms with Crippen molar-refractivity contribution >= 4 is 50.5 Å². The van der Waals surface area contributed by atoms with Crippen LogP contribution in [0.4, 0.5) is 17.1 Å². The van der Waals surface area contributed by atoms with Crippen molar-refractivity contribution in [2.45, 2.75) is 0 Å². The molecule has 6 heteroatoms. The first-order valence-electron chi connectivity index (χ1n) is 6.21. The van der Waals surface area contributed by atoms with E-state index in [9.17, 15) is 4.79 Å². The molecule has 0 bridgehead atoms. The predicted octanol–water partition coefficient (Wildman–Crippen LogP) is 4.00. The molecule has 0 aliphatic carbocycles. The number of nitrogens with zero attached hydrogens (tertiary/aromatic N) is 1. The van der Waals surface area contributed by atoms with Crippen LogP contribution in [0.1, 0.15) is 10.4 Å². The number of benzene rings is 2. The highest BCUT2D eigenvalue weighted by molar-refractivity contribution is 9.10. The van der Waals surface area contributed by atoms with Crippen molar-refractivity contribution < 1.29 is 4.79 Å². The van der Waals surface area contributed by atoms with Gasteiger partial charge in [-0.3, -0.25) is 4.79 Å². The normalized spacial score (nSPS) is 10.3. The number of nitrogen functional groups attached to an aromatic ring is 1. The molecule has 2 aromatic rings. The quantitative estimate of drug-likeness (QED) is 0.805. The first-order chi connectivity index (χ1) is 9.88. The third-order valence-electron chi connectivity index (χ3n) is 2.92. The maximum atomic E-state index is 12.3. The summed E-state index contributed by atoms with van der Waals surface area (Å²) in [5.74, 6) is -0.247. The largest absolute Gasteiger partial charge is 0.399 e. The summed E-state index contributed by atoms with van der Waals surface area (Å²) >= 11 is 9.53. The van der Waals surface area contributed by atoms with E-state index in [1.807, 2.05) is 25.1 Å². The maximum Gasteiger partial charge on any atom is 0.256 e. The predicted molar refractivity (Wildman–Crippen MR) is 92.3 cm³/mol. The molecule has 110 valence electrons. The van der Waals surface area contributed by atoms with E-state index in [0.717, 1.165) is 5.69 Å². The average molecular weight is 369 g/mol. The lowest BCUT2D eigenvalue weighted by molar-refractivity contribution is 0.102. The molecule has 0 aliphatic heterocycles. The highest BCUT2D eigenvalue weighted by Crippen LogP contribution is 2.28. The highest BCUT2D eigenvalue weighted by Gasteiger charge is 2.12. The first kappa shape index (κ1) is 15.7. The molecule has 21 heavy (non-hydrogen) atoms. The molecule has 0 fully saturated rings. The Kier molecular flexibility index (Phi) is 4.75. The fourth-order valence-corrected chi connectivity index (χ4v) is 2.64. The molecule has 0 atom stereocenters. The first-order valence-corrected chi connectivity index (χ1v) is 7.39. The summed E-state index contributed by atoms with van der Waals surface area (Å²) in [5, 5.41) is 3.38. The van der Waals surface area contributed by atoms with Crippen LogP contribution < -0.4 is 16.0 Å². The summed E-state index contributed by atoms with van der Waals surface area (Å²) < 4.78 is 0.685. The van der Waals surface area contributed by atoms with Crippen LogP contribution in [0.5, 0.6) is 0 Å². The highest BCUT2D eigenvalue weighted by atomic mass is 79.9. The van der Waals surface area contributed by atoms with Gasteiger partial charge in [0.15, 0.2) is 0 Å². The molecule has 0 radical (unpaired) electrons. The summed E-state index contributed by atoms with van der Waals surface area (Å²) in [5.41, 5.74) is 8.23. The van der Waals surface area contributed by atoms with Crippen molar-refractivity contribution in [2.75, 3.05) is 30.0 Å². The molecule has 0 heterocycles. The standard InChI is InChI=1S/C15H15BrClN3O/c1-20(2)14-6-4-10(8-13(14)17)19-15(21)11-7-9(18)3-5-12(11)16/h3-8H,18H2,1-2H3,(H,19,21). The van der Waals surface area contributed by atoms with Crippen LogP contribution in [-0.2, 0) is 0 Å². The minimum atomic E-state index is -0.247. The van der Waals surface area contributed by atoms with Crippen LogP contribution in [0.15, 0.2) is 40.9 Å². The van der Waals surface area contributed by atoms with Gasteiger partial charge >= 0.3 is 0 Å². The van der Waals surface area contributed by atoms with E-state index in [0.29, 0.717) is 26.4 Å². The van der Waals surface area contributed by atoms with Gasteiger partial charge < -0.3 is 16.0 Å². The molecule has 1 amide bonds. The van der Waals surface area contributed by atoms with E-state index in [4.69, 9.17) is 17.3 Å². The Balaban J connectivity index is 2.24. The summed E-state index contributed by atoms with van der Waals surface area (Å²) in [7, 11) is 3.81. The molecule has 0 unspecified atom stereocenters. The van der Waals surface area contributed by atoms with E-state index >= 15 is 0 Å². The molecular formula is C15H15BrClN3O. The van der Waals surface area contributed by atoms with Crippen LogP contribution in [0.3, 0.4) is 0 Å². The number of hydrogen-bond donors (Lipinski definition) is 2. The van der Waals surface area contributed by atoms with Gasteiger partial charge in [-0.1, -0.05) is 11.6 Å². The number of anilines is 3. The minimum absolute atomic E-state index is 0.247. The number of carbonyl (C=O) groups is 1. The van der Waals surface area contributed by atoms with E-state index < -0.39 is 0 Å². The molecular weight excluding hydrogens is 354 g/mol. The monoisotopic (exact) mass is 367 g/mol. The van der Waals surface area contributed by atoms with Gasteiger partial charge in [0.2, 0.25) is 0 Å². The number of carbonyl (C=O) groups excluding carboxylic acids is 1. The molecule has 2 rings (SSSR count). The summed E-state index contributed by atoms with van der Waals surface area (Å²) in [4.78, 5) is 14.2. The fraction of sp³-hybridized carbons (Fsp3) is 0.133. The Bertz CT molecular complexity index is 689. The number of halogens is 2. The number of amides is 1. The van der Waals surface area contributed by atoms with Crippen molar-refractivity contribution in [3.05, 3.63) is 51.5 Å². The number of nitrogens with two attached hydrogens (primary N) is 1. The van der Waals surface area contributed by atoms with Crippen LogP contribution in [-0.4, -0.2) is 20.0 Å². The van der Waals surface area contributed by atoms with Crippen LogP contribution in [0.2, 0.25) is 5.02 Å². The van der Waals surface area contributed by atoms with Gasteiger partial charge in [-0.25, -0.2) is 0 Å². The molecule has 2 aromatic carbocycles. The van der Waals surface area contributed by atoms with Crippen molar-refractivity contribution in [3.8, 4) is 0 Å². The number of nitrogens with one attached hydrogen (secondary N) is 1. The summed E-state index contributed by atoms with van der Waals surface area (Å²) in [6.45, 7) is 0. The van der Waals surface area contributed by atoms with Gasteiger partial charge in [0, 0.05) is 29.9 Å². The van der Waals surface area contributed by atoms with Crippen molar-refractivity contribution in [1.29, 1.82) is 0 Å². The van der Waals surface area contributed by atoms with Crippen LogP contribution >= 0.6 is 27.5 Å². The summed E-state index contributed by atoms with van der Waals surface area (Å²) in [6.07, 6.45) is 0. The molecule has 0 aliphatic rings. The Hall–Kier alpha value is -1.72. The SMILES string of the molecule is CN(C)c1ccc(NC(=O)c2cc(N)ccc2Br)cc1Cl. The maximum absolute atomic E-state index is 12.3. The smallest absolute Gasteiger partial charge is 0.256 e. The van der Waals surface area contributed by atoms with E-state index in [1.165, 1.54) is 0 Å². The van der Waals surface area contributed by atoms with E-state index in [2.05, 4.69) is 21.2 Å². The van der Waals surface area contributed by atoms with Gasteiger partial charge in [-0.2, -0.15) is 0 Å². The second kappa shape index (κ2) is 6.37. The van der Waals surface area contributed by atoms with Gasteiger partial charge in [0.1, 0.15) is 0 Å². The topological polar surface area (TPSA) is 58.4 Å². The number of rotatable bonds is 3. The molecule has 0 saturated carbocycles. The number of hydrogen-bond acceptors (Lipinski definition) is 3. The second-order valence-corrected chi connectivity index (χ2v) is 6.02. The molecule has 4 nitrogen and oxygen atoms in total. The zero-order valence-corrected chi connectivity index (χ0v) is 14.0. The minimum Gasteiger partial charge on any atom is -0.399 e. The zero-order chi connectivity index (χ0) is 15.6. The molecule has 0 spiro atoms. The second-order valence-electron chi connectivity index (χ2n) is 4.75. The van der Waals surface area contributed by atoms with Crippen molar-refractivity contribution in [2.24, 2.45) is 0 Å². The van der Waals surface area contributed by atoms with Gasteiger partial charge in [-0.15, -0.1) is 0 Å². The lowest BCUT2D eigenvalue weighted by atomic mass is 10.2.